The lowest BCUT2D eigenvalue weighted by Gasteiger charge is -2.12. The Kier molecular flexibility index (Phi) is 4.77. The van der Waals surface area contributed by atoms with Gasteiger partial charge in [-0.15, -0.1) is 0 Å². The SMILES string of the molecule is O=C(Cn1ncc2ccccc2c1=O)NNC(=S)Nc1ccc2c(c1)OCO2. The van der Waals surface area contributed by atoms with Crippen LogP contribution in [-0.4, -0.2) is 27.6 Å². The van der Waals surface area contributed by atoms with Crippen LogP contribution in [0, 0.1) is 0 Å². The standard InChI is InChI=1S/C18H15N5O4S/c24-16(9-23-17(25)13-4-2-1-3-11(13)8-19-23)21-22-18(28)20-12-5-6-14-15(7-12)27-10-26-14/h1-8H,9-10H2,(H,21,24)(H2,20,22,28). The van der Waals surface area contributed by atoms with Gasteiger partial charge >= 0.3 is 0 Å². The molecule has 0 bridgehead atoms. The highest BCUT2D eigenvalue weighted by Gasteiger charge is 2.14. The number of nitrogens with zero attached hydrogens (tertiary/aromatic N) is 2. The molecule has 0 atom stereocenters. The van der Waals surface area contributed by atoms with E-state index in [1.165, 1.54) is 0 Å². The second kappa shape index (κ2) is 7.53. The van der Waals surface area contributed by atoms with Crippen molar-refractivity contribution in [1.29, 1.82) is 0 Å². The summed E-state index contributed by atoms with van der Waals surface area (Å²) in [6.45, 7) is -0.0664. The first-order valence-electron chi connectivity index (χ1n) is 8.30. The predicted octanol–water partition coefficient (Wildman–Crippen LogP) is 1.14. The van der Waals surface area contributed by atoms with Crippen LogP contribution >= 0.6 is 12.2 Å². The van der Waals surface area contributed by atoms with Gasteiger partial charge in [0.15, 0.2) is 16.6 Å². The van der Waals surface area contributed by atoms with E-state index in [0.717, 1.165) is 10.1 Å². The number of carbonyl (C=O) groups is 1. The number of hydrazine groups is 1. The number of ether oxygens (including phenoxy) is 2. The Bertz CT molecular complexity index is 1130. The van der Waals surface area contributed by atoms with E-state index in [1.807, 2.05) is 6.07 Å². The molecule has 9 nitrogen and oxygen atoms in total. The number of hydrogen-bond acceptors (Lipinski definition) is 6. The smallest absolute Gasteiger partial charge is 0.275 e. The number of hydrogen-bond donors (Lipinski definition) is 3. The predicted molar refractivity (Wildman–Crippen MR) is 106 cm³/mol. The minimum absolute atomic E-state index is 0.172. The maximum absolute atomic E-state index is 12.4. The molecule has 0 saturated carbocycles. The van der Waals surface area contributed by atoms with Crippen LogP contribution in [0.3, 0.4) is 0 Å². The van der Waals surface area contributed by atoms with Crippen molar-refractivity contribution in [3.63, 3.8) is 0 Å². The van der Waals surface area contributed by atoms with E-state index >= 15 is 0 Å². The second-order valence-corrected chi connectivity index (χ2v) is 6.30. The minimum atomic E-state index is -0.472. The molecule has 0 saturated heterocycles. The third kappa shape index (κ3) is 3.71. The van der Waals surface area contributed by atoms with E-state index < -0.39 is 5.91 Å². The fraction of sp³-hybridized carbons (Fsp3) is 0.111. The molecule has 1 aromatic heterocycles. The summed E-state index contributed by atoms with van der Waals surface area (Å²) in [6.07, 6.45) is 1.54. The van der Waals surface area contributed by atoms with Crippen molar-refractivity contribution >= 4 is 39.7 Å². The number of benzene rings is 2. The molecule has 10 heteroatoms. The molecule has 3 N–H and O–H groups in total. The second-order valence-electron chi connectivity index (χ2n) is 5.89. The van der Waals surface area contributed by atoms with Crippen LogP contribution < -0.4 is 31.2 Å². The molecule has 4 rings (SSSR count). The van der Waals surface area contributed by atoms with Gasteiger partial charge in [-0.1, -0.05) is 18.2 Å². The molecular formula is C18H15N5O4S. The number of nitrogens with one attached hydrogen (secondary N) is 3. The largest absolute Gasteiger partial charge is 0.454 e. The molecule has 0 aliphatic carbocycles. The fourth-order valence-electron chi connectivity index (χ4n) is 2.68. The van der Waals surface area contributed by atoms with Gasteiger partial charge in [0.1, 0.15) is 6.54 Å². The molecule has 1 aliphatic rings. The van der Waals surface area contributed by atoms with Crippen molar-refractivity contribution in [2.24, 2.45) is 0 Å². The van der Waals surface area contributed by atoms with E-state index in [4.69, 9.17) is 21.7 Å². The van der Waals surface area contributed by atoms with E-state index in [-0.39, 0.29) is 24.0 Å². The van der Waals surface area contributed by atoms with Crippen molar-refractivity contribution in [3.8, 4) is 11.5 Å². The van der Waals surface area contributed by atoms with Crippen LogP contribution in [-0.2, 0) is 11.3 Å². The van der Waals surface area contributed by atoms with Gasteiger partial charge in [0.05, 0.1) is 11.6 Å². The third-order valence-corrected chi connectivity index (χ3v) is 4.21. The molecule has 0 spiro atoms. The van der Waals surface area contributed by atoms with Gasteiger partial charge in [-0.3, -0.25) is 20.4 Å². The Labute approximate surface area is 164 Å². The van der Waals surface area contributed by atoms with Crippen LogP contribution in [0.5, 0.6) is 11.5 Å². The fourth-order valence-corrected chi connectivity index (χ4v) is 2.85. The van der Waals surface area contributed by atoms with Gasteiger partial charge in [0.2, 0.25) is 6.79 Å². The number of amides is 1. The van der Waals surface area contributed by atoms with Gasteiger partial charge in [0.25, 0.3) is 11.5 Å². The van der Waals surface area contributed by atoms with Gasteiger partial charge in [0, 0.05) is 17.1 Å². The average molecular weight is 397 g/mol. The van der Waals surface area contributed by atoms with Gasteiger partial charge in [-0.2, -0.15) is 5.10 Å². The van der Waals surface area contributed by atoms with E-state index in [1.54, 1.807) is 42.6 Å². The van der Waals surface area contributed by atoms with Crippen molar-refractivity contribution in [1.82, 2.24) is 20.6 Å². The number of rotatable bonds is 3. The maximum Gasteiger partial charge on any atom is 0.275 e. The molecular weight excluding hydrogens is 382 g/mol. The van der Waals surface area contributed by atoms with Crippen molar-refractivity contribution < 1.29 is 14.3 Å². The summed E-state index contributed by atoms with van der Waals surface area (Å²) >= 11 is 5.14. The summed E-state index contributed by atoms with van der Waals surface area (Å²) in [6, 6.07) is 12.3. The average Bonchev–Trinajstić information content (AvgIpc) is 3.17. The maximum atomic E-state index is 12.4. The Morgan fingerprint density at radius 1 is 1.14 bits per heavy atom. The molecule has 28 heavy (non-hydrogen) atoms. The first-order chi connectivity index (χ1) is 13.6. The molecule has 1 amide bonds. The summed E-state index contributed by atoms with van der Waals surface area (Å²) in [5.41, 5.74) is 5.34. The van der Waals surface area contributed by atoms with Crippen LogP contribution in [0.15, 0.2) is 53.5 Å². The Balaban J connectivity index is 1.34. The van der Waals surface area contributed by atoms with E-state index in [0.29, 0.717) is 22.6 Å². The normalized spacial score (nSPS) is 11.9. The molecule has 2 aromatic carbocycles. The van der Waals surface area contributed by atoms with Crippen molar-refractivity contribution in [3.05, 3.63) is 59.0 Å². The summed E-state index contributed by atoms with van der Waals surface area (Å²) < 4.78 is 11.6. The van der Waals surface area contributed by atoms with Gasteiger partial charge in [-0.25, -0.2) is 4.68 Å². The van der Waals surface area contributed by atoms with E-state index in [2.05, 4.69) is 21.3 Å². The highest BCUT2D eigenvalue weighted by molar-refractivity contribution is 7.80. The number of carbonyl (C=O) groups excluding carboxylic acids is 1. The van der Waals surface area contributed by atoms with Crippen LogP contribution in [0.25, 0.3) is 10.8 Å². The first kappa shape index (κ1) is 17.7. The molecule has 3 aromatic rings. The number of fused-ring (bicyclic) bond motifs is 2. The zero-order chi connectivity index (χ0) is 19.5. The lowest BCUT2D eigenvalue weighted by Crippen LogP contribution is -2.46. The van der Waals surface area contributed by atoms with Gasteiger partial charge in [-0.05, 0) is 30.4 Å². The highest BCUT2D eigenvalue weighted by atomic mass is 32.1. The van der Waals surface area contributed by atoms with Crippen molar-refractivity contribution in [2.75, 3.05) is 12.1 Å². The van der Waals surface area contributed by atoms with Crippen LogP contribution in [0.1, 0.15) is 0 Å². The molecule has 0 fully saturated rings. The lowest BCUT2D eigenvalue weighted by atomic mass is 10.2. The molecule has 0 unspecified atom stereocenters. The first-order valence-corrected chi connectivity index (χ1v) is 8.71. The summed E-state index contributed by atoms with van der Waals surface area (Å²) in [4.78, 5) is 24.5. The van der Waals surface area contributed by atoms with Crippen LogP contribution in [0.4, 0.5) is 5.69 Å². The number of aromatic nitrogens is 2. The number of anilines is 1. The highest BCUT2D eigenvalue weighted by Crippen LogP contribution is 2.34. The lowest BCUT2D eigenvalue weighted by molar-refractivity contribution is -0.122. The number of thiocarbonyl (C=S) groups is 1. The third-order valence-electron chi connectivity index (χ3n) is 4.00. The molecule has 142 valence electrons. The Hall–Kier alpha value is -3.66. The topological polar surface area (TPSA) is 107 Å². The van der Waals surface area contributed by atoms with Crippen molar-refractivity contribution in [2.45, 2.75) is 6.54 Å². The monoisotopic (exact) mass is 397 g/mol. The van der Waals surface area contributed by atoms with E-state index in [9.17, 15) is 9.59 Å². The quantitative estimate of drug-likeness (QED) is 0.446. The summed E-state index contributed by atoms with van der Waals surface area (Å²) in [5.74, 6) is 0.796. The molecule has 1 aliphatic heterocycles. The van der Waals surface area contributed by atoms with Gasteiger partial charge < -0.3 is 14.8 Å². The summed E-state index contributed by atoms with van der Waals surface area (Å²) in [7, 11) is 0. The Morgan fingerprint density at radius 2 is 1.96 bits per heavy atom. The zero-order valence-corrected chi connectivity index (χ0v) is 15.3. The van der Waals surface area contributed by atoms with Crippen LogP contribution in [0.2, 0.25) is 0 Å². The zero-order valence-electron chi connectivity index (χ0n) is 14.5. The minimum Gasteiger partial charge on any atom is -0.454 e. The molecule has 0 radical (unpaired) electrons. The Morgan fingerprint density at radius 3 is 2.86 bits per heavy atom. The summed E-state index contributed by atoms with van der Waals surface area (Å²) in [5, 5.41) is 8.32. The molecule has 2 heterocycles.